The minimum atomic E-state index is 0.990. The molecule has 0 fully saturated rings. The molecular formula is C12H24N2S8. The van der Waals surface area contributed by atoms with Crippen LogP contribution in [0, 0.1) is 0 Å². The van der Waals surface area contributed by atoms with E-state index in [1.165, 1.54) is 0 Å². The quantitative estimate of drug-likeness (QED) is 0.199. The minimum absolute atomic E-state index is 0.990. The Hall–Kier alpha value is 1.88. The highest BCUT2D eigenvalue weighted by Gasteiger charge is 2.07. The van der Waals surface area contributed by atoms with Gasteiger partial charge in [0.25, 0.3) is 0 Å². The van der Waals surface area contributed by atoms with E-state index in [9.17, 15) is 0 Å². The lowest BCUT2D eigenvalue weighted by molar-refractivity contribution is 0.482. The number of rotatable bonds is 11. The summed E-state index contributed by atoms with van der Waals surface area (Å²) in [6.07, 6.45) is 0. The largest absolute Gasteiger partial charge is 0.357 e. The maximum Gasteiger partial charge on any atom is 0.147 e. The fourth-order valence-electron chi connectivity index (χ4n) is 1.31. The zero-order valence-corrected chi connectivity index (χ0v) is 19.9. The van der Waals surface area contributed by atoms with E-state index >= 15 is 0 Å². The Bertz CT molecular complexity index is 278. The second kappa shape index (κ2) is 16.4. The van der Waals surface area contributed by atoms with E-state index in [1.54, 1.807) is 41.2 Å². The molecule has 0 aromatic carbocycles. The van der Waals surface area contributed by atoms with Crippen molar-refractivity contribution in [2.45, 2.75) is 27.7 Å². The van der Waals surface area contributed by atoms with Crippen molar-refractivity contribution in [2.75, 3.05) is 37.7 Å². The average molecular weight is 453 g/mol. The van der Waals surface area contributed by atoms with Crippen LogP contribution in [0.2, 0.25) is 0 Å². The smallest absolute Gasteiger partial charge is 0.147 e. The molecule has 0 bridgehead atoms. The Morgan fingerprint density at radius 3 is 1.27 bits per heavy atom. The molecule has 0 aromatic rings. The first-order valence-electron chi connectivity index (χ1n) is 7.10. The lowest BCUT2D eigenvalue weighted by Crippen LogP contribution is -2.25. The summed E-state index contributed by atoms with van der Waals surface area (Å²) in [5.41, 5.74) is 0. The molecular weight excluding hydrogens is 429 g/mol. The first kappa shape index (κ1) is 23.9. The summed E-state index contributed by atoms with van der Waals surface area (Å²) in [6.45, 7) is 12.5. The van der Waals surface area contributed by atoms with E-state index in [2.05, 4.69) is 37.5 Å². The first-order chi connectivity index (χ1) is 10.6. The number of hydrogen-bond acceptors (Lipinski definition) is 8. The van der Waals surface area contributed by atoms with Gasteiger partial charge in [0.15, 0.2) is 0 Å². The van der Waals surface area contributed by atoms with Crippen LogP contribution in [-0.4, -0.2) is 56.1 Å². The molecule has 0 aliphatic rings. The molecule has 22 heavy (non-hydrogen) atoms. The van der Waals surface area contributed by atoms with Crippen molar-refractivity contribution in [1.82, 2.24) is 9.80 Å². The summed E-state index contributed by atoms with van der Waals surface area (Å²) in [7, 11) is 10.7. The molecule has 2 nitrogen and oxygen atoms in total. The first-order valence-corrected chi connectivity index (χ1v) is 15.2. The van der Waals surface area contributed by atoms with E-state index in [-0.39, 0.29) is 0 Å². The third-order valence-electron chi connectivity index (χ3n) is 2.60. The molecule has 0 amide bonds. The van der Waals surface area contributed by atoms with Crippen LogP contribution in [0.1, 0.15) is 27.7 Å². The Morgan fingerprint density at radius 1 is 0.682 bits per heavy atom. The molecule has 0 aliphatic carbocycles. The molecule has 0 heterocycles. The van der Waals surface area contributed by atoms with Gasteiger partial charge in [-0.05, 0) is 68.9 Å². The summed E-state index contributed by atoms with van der Waals surface area (Å²) in [6, 6.07) is 0. The van der Waals surface area contributed by atoms with Gasteiger partial charge in [-0.2, -0.15) is 0 Å². The monoisotopic (exact) mass is 452 g/mol. The van der Waals surface area contributed by atoms with Crippen LogP contribution in [-0.2, 0) is 0 Å². The van der Waals surface area contributed by atoms with Gasteiger partial charge in [-0.25, -0.2) is 0 Å². The number of nitrogens with zero attached hydrogens (tertiary/aromatic N) is 2. The average Bonchev–Trinajstić information content (AvgIpc) is 2.52. The van der Waals surface area contributed by atoms with Crippen LogP contribution in [0.5, 0.6) is 0 Å². The fraction of sp³-hybridized carbons (Fsp3) is 0.833. The molecule has 0 aromatic heterocycles. The predicted octanol–water partition coefficient (Wildman–Crippen LogP) is 6.30. The van der Waals surface area contributed by atoms with Crippen molar-refractivity contribution in [2.24, 2.45) is 0 Å². The van der Waals surface area contributed by atoms with E-state index < -0.39 is 0 Å². The second-order valence-corrected chi connectivity index (χ2v) is 13.5. The molecule has 0 atom stereocenters. The molecule has 0 radical (unpaired) electrons. The van der Waals surface area contributed by atoms with Gasteiger partial charge < -0.3 is 9.80 Å². The molecule has 130 valence electrons. The fourth-order valence-corrected chi connectivity index (χ4v) is 11.0. The Labute approximate surface area is 169 Å². The highest BCUT2D eigenvalue weighted by Crippen LogP contribution is 2.40. The van der Waals surface area contributed by atoms with Crippen molar-refractivity contribution in [1.29, 1.82) is 0 Å². The third-order valence-corrected chi connectivity index (χ3v) is 12.3. The summed E-state index contributed by atoms with van der Waals surface area (Å²) >= 11 is 10.8. The molecule has 0 saturated carbocycles. The van der Waals surface area contributed by atoms with Gasteiger partial charge in [-0.3, -0.25) is 0 Å². The molecule has 0 saturated heterocycles. The Kier molecular flexibility index (Phi) is 17.8. The van der Waals surface area contributed by atoms with Gasteiger partial charge >= 0.3 is 0 Å². The van der Waals surface area contributed by atoms with Crippen molar-refractivity contribution >= 4 is 95.9 Å². The summed E-state index contributed by atoms with van der Waals surface area (Å²) in [5.74, 6) is 2.24. The molecule has 0 spiro atoms. The van der Waals surface area contributed by atoms with Gasteiger partial charge in [0.05, 0.1) is 0 Å². The maximum absolute atomic E-state index is 5.39. The van der Waals surface area contributed by atoms with Crippen molar-refractivity contribution in [3.63, 3.8) is 0 Å². The van der Waals surface area contributed by atoms with Crippen LogP contribution in [0.15, 0.2) is 0 Å². The normalized spacial score (nSPS) is 10.5. The maximum atomic E-state index is 5.39. The van der Waals surface area contributed by atoms with E-state index in [1.807, 2.05) is 21.6 Å². The zero-order chi connectivity index (χ0) is 16.8. The zero-order valence-electron chi connectivity index (χ0n) is 13.4. The van der Waals surface area contributed by atoms with Crippen LogP contribution in [0.4, 0.5) is 0 Å². The standard InChI is InChI=1S/C12H24N2S8/c1-5-13(6-2)11(15)19-21-17-9-10-18-22-20-12(16)14(7-3)8-4/h5-10H2,1-4H3. The van der Waals surface area contributed by atoms with Crippen LogP contribution < -0.4 is 0 Å². The van der Waals surface area contributed by atoms with Crippen molar-refractivity contribution in [3.05, 3.63) is 0 Å². The number of hydrogen-bond donors (Lipinski definition) is 0. The SMILES string of the molecule is CCN(CC)C(=S)SSSCCSSSC(=S)N(CC)CC. The van der Waals surface area contributed by atoms with E-state index in [4.69, 9.17) is 24.4 Å². The minimum Gasteiger partial charge on any atom is -0.357 e. The molecule has 0 unspecified atom stereocenters. The van der Waals surface area contributed by atoms with Crippen molar-refractivity contribution in [3.8, 4) is 0 Å². The third kappa shape index (κ3) is 11.4. The van der Waals surface area contributed by atoms with E-state index in [0.717, 1.165) is 46.3 Å². The molecule has 0 aliphatic heterocycles. The number of thiocarbonyl (C=S) groups is 2. The molecule has 0 rings (SSSR count). The topological polar surface area (TPSA) is 6.48 Å². The summed E-state index contributed by atoms with van der Waals surface area (Å²) < 4.78 is 1.98. The van der Waals surface area contributed by atoms with Crippen LogP contribution in [0.3, 0.4) is 0 Å². The van der Waals surface area contributed by atoms with Gasteiger partial charge in [0, 0.05) is 37.7 Å². The highest BCUT2D eigenvalue weighted by atomic mass is 33.5. The Morgan fingerprint density at radius 2 is 1.00 bits per heavy atom. The van der Waals surface area contributed by atoms with Gasteiger partial charge in [0.2, 0.25) is 0 Å². The van der Waals surface area contributed by atoms with E-state index in [0.29, 0.717) is 0 Å². The lowest BCUT2D eigenvalue weighted by Gasteiger charge is -2.20. The lowest BCUT2D eigenvalue weighted by atomic mass is 10.6. The summed E-state index contributed by atoms with van der Waals surface area (Å²) in [5, 5.41) is 0. The second-order valence-electron chi connectivity index (χ2n) is 3.82. The molecule has 10 heteroatoms. The van der Waals surface area contributed by atoms with Crippen LogP contribution >= 0.6 is 87.3 Å². The highest BCUT2D eigenvalue weighted by molar-refractivity contribution is 9.13. The van der Waals surface area contributed by atoms with Gasteiger partial charge in [-0.15, -0.1) is 0 Å². The molecule has 0 N–H and O–H groups in total. The Balaban J connectivity index is 3.51. The van der Waals surface area contributed by atoms with Gasteiger partial charge in [0.1, 0.15) is 8.64 Å². The van der Waals surface area contributed by atoms with Gasteiger partial charge in [-0.1, -0.05) is 46.0 Å². The predicted molar refractivity (Wildman–Crippen MR) is 126 cm³/mol. The van der Waals surface area contributed by atoms with Crippen LogP contribution in [0.25, 0.3) is 0 Å². The van der Waals surface area contributed by atoms with Crippen molar-refractivity contribution < 1.29 is 0 Å². The summed E-state index contributed by atoms with van der Waals surface area (Å²) in [4.78, 5) is 4.42.